The third-order valence-electron chi connectivity index (χ3n) is 5.75. The first-order valence-corrected chi connectivity index (χ1v) is 10.8. The lowest BCUT2D eigenvalue weighted by Crippen LogP contribution is -2.43. The molecular formula is C21H26N2O2S. The van der Waals surface area contributed by atoms with E-state index in [9.17, 15) is 8.42 Å². The molecule has 26 heavy (non-hydrogen) atoms. The molecule has 5 heteroatoms. The zero-order chi connectivity index (χ0) is 18.3. The molecule has 0 bridgehead atoms. The van der Waals surface area contributed by atoms with E-state index in [0.29, 0.717) is 15.8 Å². The highest BCUT2D eigenvalue weighted by Gasteiger charge is 2.29. The molecule has 0 aromatic heterocycles. The van der Waals surface area contributed by atoms with Crippen molar-refractivity contribution < 1.29 is 8.42 Å². The molecule has 1 saturated heterocycles. The van der Waals surface area contributed by atoms with E-state index in [2.05, 4.69) is 16.8 Å². The number of hydrogen-bond acceptors (Lipinski definition) is 4. The minimum absolute atomic E-state index is 0.369. The largest absolute Gasteiger partial charge is 0.368 e. The van der Waals surface area contributed by atoms with Crippen LogP contribution in [0.3, 0.4) is 0 Å². The third kappa shape index (κ3) is 3.14. The van der Waals surface area contributed by atoms with Crippen LogP contribution < -0.4 is 4.90 Å². The van der Waals surface area contributed by atoms with E-state index in [1.54, 1.807) is 18.2 Å². The van der Waals surface area contributed by atoms with E-state index >= 15 is 0 Å². The predicted molar refractivity (Wildman–Crippen MR) is 105 cm³/mol. The third-order valence-corrected chi connectivity index (χ3v) is 7.52. The Balaban J connectivity index is 1.61. The highest BCUT2D eigenvalue weighted by atomic mass is 32.2. The SMILES string of the molecule is Cc1ccc(S(=O)(=O)c2ccc3c(c2)CCN3C2CCN(C)CC2)cc1. The zero-order valence-corrected chi connectivity index (χ0v) is 16.3. The molecule has 4 nitrogen and oxygen atoms in total. The molecule has 4 rings (SSSR count). The van der Waals surface area contributed by atoms with Crippen LogP contribution in [-0.4, -0.2) is 46.0 Å². The van der Waals surface area contributed by atoms with E-state index < -0.39 is 9.84 Å². The van der Waals surface area contributed by atoms with E-state index in [0.717, 1.165) is 37.2 Å². The van der Waals surface area contributed by atoms with Gasteiger partial charge in [0.25, 0.3) is 0 Å². The second kappa shape index (κ2) is 6.71. The number of hydrogen-bond donors (Lipinski definition) is 0. The van der Waals surface area contributed by atoms with Gasteiger partial charge in [-0.1, -0.05) is 17.7 Å². The van der Waals surface area contributed by atoms with Crippen LogP contribution in [0.1, 0.15) is 24.0 Å². The number of likely N-dealkylation sites (tertiary alicyclic amines) is 1. The number of nitrogens with zero attached hydrogens (tertiary/aromatic N) is 2. The molecule has 2 aliphatic rings. The molecule has 0 atom stereocenters. The minimum atomic E-state index is -3.45. The van der Waals surface area contributed by atoms with Crippen LogP contribution in [0.4, 0.5) is 5.69 Å². The minimum Gasteiger partial charge on any atom is -0.368 e. The molecule has 0 N–H and O–H groups in total. The summed E-state index contributed by atoms with van der Waals surface area (Å²) in [6.45, 7) is 5.23. The summed E-state index contributed by atoms with van der Waals surface area (Å²) in [4.78, 5) is 5.65. The van der Waals surface area contributed by atoms with Crippen molar-refractivity contribution in [2.75, 3.05) is 31.6 Å². The second-order valence-electron chi connectivity index (χ2n) is 7.58. The molecular weight excluding hydrogens is 344 g/mol. The van der Waals surface area contributed by atoms with Gasteiger partial charge in [-0.15, -0.1) is 0 Å². The first-order valence-electron chi connectivity index (χ1n) is 9.35. The van der Waals surface area contributed by atoms with Gasteiger partial charge in [0.2, 0.25) is 9.84 Å². The summed E-state index contributed by atoms with van der Waals surface area (Å²) in [5.74, 6) is 0. The maximum absolute atomic E-state index is 12.9. The number of rotatable bonds is 3. The van der Waals surface area contributed by atoms with Crippen molar-refractivity contribution >= 4 is 15.5 Å². The Kier molecular flexibility index (Phi) is 4.53. The molecule has 2 aliphatic heterocycles. The van der Waals surface area contributed by atoms with Crippen molar-refractivity contribution in [1.29, 1.82) is 0 Å². The van der Waals surface area contributed by atoms with Gasteiger partial charge in [0.1, 0.15) is 0 Å². The van der Waals surface area contributed by atoms with Crippen LogP contribution >= 0.6 is 0 Å². The molecule has 2 aromatic carbocycles. The zero-order valence-electron chi connectivity index (χ0n) is 15.5. The average molecular weight is 371 g/mol. The fourth-order valence-electron chi connectivity index (χ4n) is 4.11. The average Bonchev–Trinajstić information content (AvgIpc) is 3.06. The quantitative estimate of drug-likeness (QED) is 0.831. The fourth-order valence-corrected chi connectivity index (χ4v) is 5.42. The van der Waals surface area contributed by atoms with E-state index in [1.807, 2.05) is 31.2 Å². The Morgan fingerprint density at radius 2 is 1.58 bits per heavy atom. The summed E-state index contributed by atoms with van der Waals surface area (Å²) in [7, 11) is -1.28. The van der Waals surface area contributed by atoms with Crippen LogP contribution in [0.2, 0.25) is 0 Å². The van der Waals surface area contributed by atoms with Crippen LogP contribution in [-0.2, 0) is 16.3 Å². The summed E-state index contributed by atoms with van der Waals surface area (Å²) in [6, 6.07) is 13.4. The second-order valence-corrected chi connectivity index (χ2v) is 9.53. The highest BCUT2D eigenvalue weighted by molar-refractivity contribution is 7.91. The maximum atomic E-state index is 12.9. The molecule has 0 amide bonds. The molecule has 0 unspecified atom stereocenters. The number of anilines is 1. The normalized spacial score (nSPS) is 18.9. The molecule has 1 fully saturated rings. The Bertz CT molecular complexity index is 898. The van der Waals surface area contributed by atoms with Gasteiger partial charge in [0.15, 0.2) is 0 Å². The van der Waals surface area contributed by atoms with Gasteiger partial charge in [-0.25, -0.2) is 8.42 Å². The molecule has 138 valence electrons. The summed E-state index contributed by atoms with van der Waals surface area (Å²) in [5.41, 5.74) is 3.45. The summed E-state index contributed by atoms with van der Waals surface area (Å²) in [5, 5.41) is 0. The number of piperidine rings is 1. The lowest BCUT2D eigenvalue weighted by atomic mass is 10.0. The first-order chi connectivity index (χ1) is 12.4. The van der Waals surface area contributed by atoms with Gasteiger partial charge in [-0.05, 0) is 82.2 Å². The molecule has 2 heterocycles. The van der Waals surface area contributed by atoms with Crippen molar-refractivity contribution in [2.45, 2.75) is 42.0 Å². The van der Waals surface area contributed by atoms with Crippen molar-refractivity contribution in [3.05, 3.63) is 53.6 Å². The van der Waals surface area contributed by atoms with Crippen molar-refractivity contribution in [3.8, 4) is 0 Å². The standard InChI is InChI=1S/C21H26N2O2S/c1-16-3-5-19(6-4-16)26(24,25)20-7-8-21-17(15-20)9-14-23(21)18-10-12-22(2)13-11-18/h3-8,15,18H,9-14H2,1-2H3. The maximum Gasteiger partial charge on any atom is 0.206 e. The van der Waals surface area contributed by atoms with E-state index in [4.69, 9.17) is 0 Å². The number of aryl methyl sites for hydroxylation is 1. The summed E-state index contributed by atoms with van der Waals surface area (Å²) >= 11 is 0. The molecule has 0 aliphatic carbocycles. The number of fused-ring (bicyclic) bond motifs is 1. The lowest BCUT2D eigenvalue weighted by Gasteiger charge is -2.36. The van der Waals surface area contributed by atoms with Crippen LogP contribution in [0.5, 0.6) is 0 Å². The van der Waals surface area contributed by atoms with Crippen molar-refractivity contribution in [2.24, 2.45) is 0 Å². The first kappa shape index (κ1) is 17.6. The molecule has 0 spiro atoms. The van der Waals surface area contributed by atoms with Crippen LogP contribution in [0, 0.1) is 6.92 Å². The lowest BCUT2D eigenvalue weighted by molar-refractivity contribution is 0.251. The Labute approximate surface area is 156 Å². The van der Waals surface area contributed by atoms with Gasteiger partial charge >= 0.3 is 0 Å². The van der Waals surface area contributed by atoms with Gasteiger partial charge in [-0.2, -0.15) is 0 Å². The van der Waals surface area contributed by atoms with Crippen molar-refractivity contribution in [1.82, 2.24) is 4.90 Å². The van der Waals surface area contributed by atoms with Gasteiger partial charge in [-0.3, -0.25) is 0 Å². The van der Waals surface area contributed by atoms with Gasteiger partial charge < -0.3 is 9.80 Å². The Morgan fingerprint density at radius 3 is 2.27 bits per heavy atom. The Morgan fingerprint density at radius 1 is 0.923 bits per heavy atom. The van der Waals surface area contributed by atoms with Crippen LogP contribution in [0.15, 0.2) is 52.3 Å². The van der Waals surface area contributed by atoms with E-state index in [1.165, 1.54) is 18.5 Å². The number of sulfone groups is 1. The fraction of sp³-hybridized carbons (Fsp3) is 0.429. The predicted octanol–water partition coefficient (Wildman–Crippen LogP) is 3.28. The van der Waals surface area contributed by atoms with Gasteiger partial charge in [0.05, 0.1) is 9.79 Å². The topological polar surface area (TPSA) is 40.6 Å². The summed E-state index contributed by atoms with van der Waals surface area (Å²) in [6.07, 6.45) is 3.29. The smallest absolute Gasteiger partial charge is 0.206 e. The van der Waals surface area contributed by atoms with Crippen LogP contribution in [0.25, 0.3) is 0 Å². The number of benzene rings is 2. The highest BCUT2D eigenvalue weighted by Crippen LogP contribution is 2.35. The summed E-state index contributed by atoms with van der Waals surface area (Å²) < 4.78 is 25.9. The molecule has 0 saturated carbocycles. The monoisotopic (exact) mass is 370 g/mol. The van der Waals surface area contributed by atoms with E-state index in [-0.39, 0.29) is 0 Å². The molecule has 2 aromatic rings. The van der Waals surface area contributed by atoms with Crippen molar-refractivity contribution in [3.63, 3.8) is 0 Å². The molecule has 0 radical (unpaired) electrons. The Hall–Kier alpha value is -1.85. The van der Waals surface area contributed by atoms with Gasteiger partial charge in [0, 0.05) is 18.3 Å².